The van der Waals surface area contributed by atoms with Crippen molar-refractivity contribution >= 4 is 29.6 Å². The number of piperazine rings is 1. The zero-order valence-corrected chi connectivity index (χ0v) is 30.4. The summed E-state index contributed by atoms with van der Waals surface area (Å²) in [5, 5.41) is 12.0. The van der Waals surface area contributed by atoms with E-state index in [-0.39, 0.29) is 31.1 Å². The third-order valence-electron chi connectivity index (χ3n) is 10.5. The van der Waals surface area contributed by atoms with Crippen molar-refractivity contribution in [3.8, 4) is 34.8 Å². The predicted octanol–water partition coefficient (Wildman–Crippen LogP) is 3.56. The van der Waals surface area contributed by atoms with Crippen molar-refractivity contribution < 1.29 is 60.7 Å². The number of likely N-dealkylation sites (N-methyl/N-ethyl adjacent to an activating group) is 1. The molecule has 2 saturated heterocycles. The van der Waals surface area contributed by atoms with Crippen LogP contribution in [0.1, 0.15) is 57.6 Å². The van der Waals surface area contributed by atoms with Crippen molar-refractivity contribution in [3.63, 3.8) is 0 Å². The second kappa shape index (κ2) is 13.8. The van der Waals surface area contributed by atoms with Gasteiger partial charge in [-0.1, -0.05) is 6.07 Å². The van der Waals surface area contributed by atoms with Gasteiger partial charge in [-0.2, -0.15) is 18.4 Å². The highest BCUT2D eigenvalue weighted by molar-refractivity contribution is 7.99. The topological polar surface area (TPSA) is 158 Å². The average molecular weight is 763 g/mol. The number of carbonyl (C=O) groups excluding carboxylic acids is 3. The number of thioether (sulfide) groups is 1. The van der Waals surface area contributed by atoms with E-state index >= 15 is 0 Å². The first-order valence-corrected chi connectivity index (χ1v) is 17.8. The molecule has 2 unspecified atom stereocenters. The first-order valence-electron chi connectivity index (χ1n) is 16.7. The molecule has 7 rings (SSSR count). The fourth-order valence-electron chi connectivity index (χ4n) is 8.55. The summed E-state index contributed by atoms with van der Waals surface area (Å²) >= 11 is 1.07. The van der Waals surface area contributed by atoms with E-state index < -0.39 is 66.1 Å². The summed E-state index contributed by atoms with van der Waals surface area (Å²) in [4.78, 5) is 42.4. The van der Waals surface area contributed by atoms with E-state index in [9.17, 15) is 32.8 Å². The van der Waals surface area contributed by atoms with Crippen LogP contribution in [0.3, 0.4) is 0 Å². The fourth-order valence-corrected chi connectivity index (χ4v) is 10.1. The van der Waals surface area contributed by atoms with Gasteiger partial charge in [-0.3, -0.25) is 19.4 Å². The normalized spacial score (nSPS) is 27.4. The molecule has 7 atom stereocenters. The van der Waals surface area contributed by atoms with Gasteiger partial charge in [-0.15, -0.1) is 11.8 Å². The van der Waals surface area contributed by atoms with Crippen molar-refractivity contribution in [3.05, 3.63) is 39.4 Å². The van der Waals surface area contributed by atoms with Crippen LogP contribution in [-0.4, -0.2) is 105 Å². The molecule has 0 saturated carbocycles. The number of halogens is 3. The molecule has 0 aliphatic carbocycles. The first-order chi connectivity index (χ1) is 25.2. The second-order valence-electron chi connectivity index (χ2n) is 13.4. The summed E-state index contributed by atoms with van der Waals surface area (Å²) in [5.41, 5.74) is 3.86. The van der Waals surface area contributed by atoms with Crippen LogP contribution in [0, 0.1) is 25.2 Å². The molecule has 284 valence electrons. The SMILES string of the molecule is COCOc1c(OC)c(C)cc2c1[C@@H]1C3[C@@H]4SCC(NC(=O)C(F)(F)F)C(=O)OC[C@@H](c5c6c(c(C)c(OC(C)=O)c54)OCO6)N3[C@@H](C#N)[C@H](C2)N1C. The number of rotatable bonds is 6. The molecule has 53 heavy (non-hydrogen) atoms. The van der Waals surface area contributed by atoms with Gasteiger partial charge in [-0.25, -0.2) is 4.79 Å². The van der Waals surface area contributed by atoms with Gasteiger partial charge in [0.25, 0.3) is 0 Å². The average Bonchev–Trinajstić information content (AvgIpc) is 3.59. The quantitative estimate of drug-likeness (QED) is 0.259. The predicted molar refractivity (Wildman–Crippen MR) is 179 cm³/mol. The van der Waals surface area contributed by atoms with Gasteiger partial charge in [0.05, 0.1) is 30.5 Å². The zero-order valence-electron chi connectivity index (χ0n) is 29.6. The number of amides is 1. The summed E-state index contributed by atoms with van der Waals surface area (Å²) in [6, 6.07) is -0.591. The second-order valence-corrected chi connectivity index (χ2v) is 14.6. The summed E-state index contributed by atoms with van der Waals surface area (Å²) in [7, 11) is 4.92. The number of nitriles is 1. The van der Waals surface area contributed by atoms with Gasteiger partial charge in [0, 0.05) is 54.1 Å². The van der Waals surface area contributed by atoms with Gasteiger partial charge in [-0.05, 0) is 38.4 Å². The number of nitrogens with one attached hydrogen (secondary N) is 1. The minimum atomic E-state index is -5.26. The number of fused-ring (bicyclic) bond motifs is 9. The first kappa shape index (κ1) is 36.9. The summed E-state index contributed by atoms with van der Waals surface area (Å²) < 4.78 is 81.5. The highest BCUT2D eigenvalue weighted by Crippen LogP contribution is 2.64. The van der Waals surface area contributed by atoms with Gasteiger partial charge in [0.15, 0.2) is 29.8 Å². The Balaban J connectivity index is 1.52. The van der Waals surface area contributed by atoms with Crippen molar-refractivity contribution in [2.75, 3.05) is 47.2 Å². The number of hydrogen-bond acceptors (Lipinski definition) is 14. The van der Waals surface area contributed by atoms with Crippen LogP contribution in [0.5, 0.6) is 28.7 Å². The monoisotopic (exact) mass is 762 g/mol. The maximum absolute atomic E-state index is 13.5. The summed E-state index contributed by atoms with van der Waals surface area (Å²) in [5.74, 6) is -2.68. The maximum atomic E-state index is 13.5. The van der Waals surface area contributed by atoms with Crippen LogP contribution in [0.2, 0.25) is 0 Å². The third kappa shape index (κ3) is 5.88. The van der Waals surface area contributed by atoms with Crippen LogP contribution in [-0.2, 0) is 30.3 Å². The molecule has 5 aliphatic rings. The van der Waals surface area contributed by atoms with E-state index in [0.717, 1.165) is 28.5 Å². The fraction of sp³-hybridized carbons (Fsp3) is 0.543. The number of aryl methyl sites for hydroxylation is 1. The molecule has 5 heterocycles. The van der Waals surface area contributed by atoms with Crippen molar-refractivity contribution in [2.24, 2.45) is 0 Å². The molecule has 2 aromatic rings. The van der Waals surface area contributed by atoms with Crippen molar-refractivity contribution in [1.29, 1.82) is 5.26 Å². The van der Waals surface area contributed by atoms with Crippen LogP contribution in [0.4, 0.5) is 13.2 Å². The molecule has 5 aliphatic heterocycles. The molecule has 2 fully saturated rings. The summed E-state index contributed by atoms with van der Waals surface area (Å²) in [6.07, 6.45) is -4.83. The smallest absolute Gasteiger partial charge is 0.471 e. The largest absolute Gasteiger partial charge is 0.493 e. The van der Waals surface area contributed by atoms with Gasteiger partial charge in [0.1, 0.15) is 24.4 Å². The number of nitrogens with zero attached hydrogens (tertiary/aromatic N) is 3. The summed E-state index contributed by atoms with van der Waals surface area (Å²) in [6.45, 7) is 4.12. The molecular weight excluding hydrogens is 725 g/mol. The Kier molecular flexibility index (Phi) is 9.58. The number of cyclic esters (lactones) is 1. The Labute approximate surface area is 306 Å². The Morgan fingerprint density at radius 2 is 1.83 bits per heavy atom. The number of esters is 2. The number of ether oxygens (including phenoxy) is 7. The van der Waals surface area contributed by atoms with E-state index in [0.29, 0.717) is 46.1 Å². The standard InChI is InChI=1S/C35H37F3N4O10S/c1-14-7-17-8-19-20(9-39)42-21-10-48-33(44)18(40-34(45)35(36,37)38)11-53-32(24-23(21)31-29(50-13-51-31)15(2)28(24)52-16(3)43)26(42)25(41(19)4)22(17)30(27(14)47-6)49-12-46-5/h7,18-21,25-26,32H,8,10-13H2,1-6H3,(H,40,45)/t18?,19-,20-,21-,25+,26?,32+/m0/s1. The highest BCUT2D eigenvalue weighted by Gasteiger charge is 2.61. The van der Waals surface area contributed by atoms with Crippen molar-refractivity contribution in [1.82, 2.24) is 15.1 Å². The number of hydrogen-bond donors (Lipinski definition) is 1. The Hall–Kier alpha value is -4.44. The van der Waals surface area contributed by atoms with Gasteiger partial charge >= 0.3 is 24.0 Å². The number of carbonyl (C=O) groups is 3. The van der Waals surface area contributed by atoms with Crippen molar-refractivity contribution in [2.45, 2.75) is 74.9 Å². The minimum absolute atomic E-state index is 0.110. The Bertz CT molecular complexity index is 1920. The molecule has 18 heteroatoms. The third-order valence-corrected chi connectivity index (χ3v) is 11.9. The molecule has 4 bridgehead atoms. The lowest BCUT2D eigenvalue weighted by molar-refractivity contribution is -0.176. The minimum Gasteiger partial charge on any atom is -0.493 e. The molecule has 14 nitrogen and oxygen atoms in total. The maximum Gasteiger partial charge on any atom is 0.471 e. The van der Waals surface area contributed by atoms with E-state index in [4.69, 9.17) is 33.2 Å². The van der Waals surface area contributed by atoms with E-state index in [1.54, 1.807) is 12.2 Å². The van der Waals surface area contributed by atoms with Crippen LogP contribution >= 0.6 is 11.8 Å². The van der Waals surface area contributed by atoms with E-state index in [1.165, 1.54) is 21.1 Å². The Morgan fingerprint density at radius 1 is 1.09 bits per heavy atom. The molecule has 0 spiro atoms. The number of alkyl halides is 3. The zero-order chi connectivity index (χ0) is 38.1. The van der Waals surface area contributed by atoms with E-state index in [1.807, 2.05) is 24.9 Å². The van der Waals surface area contributed by atoms with Crippen LogP contribution in [0.25, 0.3) is 0 Å². The number of benzene rings is 2. The van der Waals surface area contributed by atoms with E-state index in [2.05, 4.69) is 11.0 Å². The molecule has 1 N–H and O–H groups in total. The highest BCUT2D eigenvalue weighted by atomic mass is 32.2. The van der Waals surface area contributed by atoms with Crippen LogP contribution < -0.4 is 29.0 Å². The lowest BCUT2D eigenvalue weighted by atomic mass is 9.71. The van der Waals surface area contributed by atoms with Crippen LogP contribution in [0.15, 0.2) is 6.07 Å². The molecule has 0 radical (unpaired) electrons. The molecule has 2 aromatic carbocycles. The lowest BCUT2D eigenvalue weighted by Gasteiger charge is -2.61. The molecular formula is C35H37F3N4O10S. The molecule has 1 amide bonds. The molecule has 0 aromatic heterocycles. The Morgan fingerprint density at radius 3 is 2.49 bits per heavy atom. The van der Waals surface area contributed by atoms with Gasteiger partial charge in [0.2, 0.25) is 6.79 Å². The van der Waals surface area contributed by atoms with Gasteiger partial charge < -0.3 is 38.5 Å². The lowest BCUT2D eigenvalue weighted by Crippen LogP contribution is -2.69. The number of methoxy groups -OCH3 is 2.